The highest BCUT2D eigenvalue weighted by molar-refractivity contribution is 7.92. The van der Waals surface area contributed by atoms with Gasteiger partial charge in [-0.25, -0.2) is 8.42 Å². The number of carbonyl (C=O) groups is 2. The number of ether oxygens (including phenoxy) is 1. The molecule has 0 radical (unpaired) electrons. The SMILES string of the molecule is CCOc1ccccc1N(CC(=O)N(Cc1ccc(Cl)cc1Cl)[C@H](CC)C(=O)N[C@@H](C)CC)S(C)(=O)=O. The van der Waals surface area contributed by atoms with Crippen LogP contribution in [0.3, 0.4) is 0 Å². The molecule has 11 heteroatoms. The minimum absolute atomic E-state index is 0.00796. The quantitative estimate of drug-likeness (QED) is 0.369. The molecule has 37 heavy (non-hydrogen) atoms. The Hall–Kier alpha value is -2.49. The van der Waals surface area contributed by atoms with Crippen LogP contribution in [0.5, 0.6) is 5.75 Å². The lowest BCUT2D eigenvalue weighted by molar-refractivity contribution is -0.140. The van der Waals surface area contributed by atoms with E-state index in [1.807, 2.05) is 13.8 Å². The van der Waals surface area contributed by atoms with Crippen molar-refractivity contribution in [3.63, 3.8) is 0 Å². The van der Waals surface area contributed by atoms with E-state index < -0.39 is 28.5 Å². The normalized spacial score (nSPS) is 12.9. The summed E-state index contributed by atoms with van der Waals surface area (Å²) >= 11 is 12.4. The first-order chi connectivity index (χ1) is 17.4. The molecule has 0 aliphatic heterocycles. The average molecular weight is 573 g/mol. The Kier molecular flexibility index (Phi) is 11.5. The fourth-order valence-electron chi connectivity index (χ4n) is 3.73. The second-order valence-corrected chi connectivity index (χ2v) is 11.4. The van der Waals surface area contributed by atoms with Crippen molar-refractivity contribution in [3.8, 4) is 5.75 Å². The Morgan fingerprint density at radius 1 is 1.05 bits per heavy atom. The van der Waals surface area contributed by atoms with Crippen LogP contribution in [0.2, 0.25) is 10.0 Å². The summed E-state index contributed by atoms with van der Waals surface area (Å²) in [5.41, 5.74) is 0.816. The van der Waals surface area contributed by atoms with E-state index in [2.05, 4.69) is 5.32 Å². The molecule has 2 atom stereocenters. The fourth-order valence-corrected chi connectivity index (χ4v) is 5.05. The van der Waals surface area contributed by atoms with Crippen LogP contribution in [0, 0.1) is 0 Å². The Bertz CT molecular complexity index is 1190. The van der Waals surface area contributed by atoms with Gasteiger partial charge in [-0.2, -0.15) is 0 Å². The zero-order chi connectivity index (χ0) is 27.8. The standard InChI is InChI=1S/C26H35Cl2N3O5S/c1-6-18(4)29-26(33)22(7-2)30(16-19-13-14-20(27)15-21(19)28)25(32)17-31(37(5,34)35)23-11-9-10-12-24(23)36-8-3/h9-15,18,22H,6-8,16-17H2,1-5H3,(H,29,33)/t18-,22+/m0/s1. The van der Waals surface area contributed by atoms with E-state index in [1.54, 1.807) is 56.3 Å². The van der Waals surface area contributed by atoms with Crippen LogP contribution < -0.4 is 14.4 Å². The van der Waals surface area contributed by atoms with Crippen molar-refractivity contribution in [1.82, 2.24) is 10.2 Å². The molecular weight excluding hydrogens is 537 g/mol. The van der Waals surface area contributed by atoms with Gasteiger partial charge in [-0.3, -0.25) is 13.9 Å². The first kappa shape index (κ1) is 30.7. The molecule has 2 rings (SSSR count). The third-order valence-electron chi connectivity index (χ3n) is 5.86. The molecule has 1 N–H and O–H groups in total. The second kappa shape index (κ2) is 13.9. The van der Waals surface area contributed by atoms with Gasteiger partial charge in [0.2, 0.25) is 21.8 Å². The van der Waals surface area contributed by atoms with Crippen molar-refractivity contribution >= 4 is 50.7 Å². The lowest BCUT2D eigenvalue weighted by Gasteiger charge is -2.33. The molecule has 2 aromatic rings. The first-order valence-corrected chi connectivity index (χ1v) is 14.8. The van der Waals surface area contributed by atoms with Gasteiger partial charge in [0.25, 0.3) is 0 Å². The molecule has 204 valence electrons. The van der Waals surface area contributed by atoms with Gasteiger partial charge in [0.15, 0.2) is 0 Å². The summed E-state index contributed by atoms with van der Waals surface area (Å²) in [7, 11) is -3.89. The summed E-state index contributed by atoms with van der Waals surface area (Å²) in [5, 5.41) is 3.70. The number of carbonyl (C=O) groups excluding carboxylic acids is 2. The lowest BCUT2D eigenvalue weighted by Crippen LogP contribution is -2.53. The van der Waals surface area contributed by atoms with Crippen LogP contribution in [0.15, 0.2) is 42.5 Å². The van der Waals surface area contributed by atoms with E-state index in [0.717, 1.165) is 17.0 Å². The number of nitrogens with one attached hydrogen (secondary N) is 1. The van der Waals surface area contributed by atoms with Gasteiger partial charge < -0.3 is 15.0 Å². The van der Waals surface area contributed by atoms with Crippen LogP contribution in [-0.4, -0.2) is 56.6 Å². The molecule has 0 heterocycles. The molecule has 0 fully saturated rings. The van der Waals surface area contributed by atoms with E-state index in [0.29, 0.717) is 34.4 Å². The summed E-state index contributed by atoms with van der Waals surface area (Å²) in [4.78, 5) is 28.4. The molecule has 0 saturated carbocycles. The van der Waals surface area contributed by atoms with Gasteiger partial charge in [0.1, 0.15) is 18.3 Å². The molecule has 0 bridgehead atoms. The van der Waals surface area contributed by atoms with Crippen LogP contribution in [0.25, 0.3) is 0 Å². The number of rotatable bonds is 13. The largest absolute Gasteiger partial charge is 0.492 e. The van der Waals surface area contributed by atoms with E-state index in [4.69, 9.17) is 27.9 Å². The second-order valence-electron chi connectivity index (χ2n) is 8.67. The third kappa shape index (κ3) is 8.51. The number of hydrogen-bond acceptors (Lipinski definition) is 5. The van der Waals surface area contributed by atoms with Crippen molar-refractivity contribution in [1.29, 1.82) is 0 Å². The molecule has 0 aliphatic rings. The topological polar surface area (TPSA) is 96.0 Å². The molecule has 2 amide bonds. The minimum atomic E-state index is -3.89. The fraction of sp³-hybridized carbons (Fsp3) is 0.462. The number of nitrogens with zero attached hydrogens (tertiary/aromatic N) is 2. The number of sulfonamides is 1. The molecule has 0 aromatic heterocycles. The lowest BCUT2D eigenvalue weighted by atomic mass is 10.1. The molecular formula is C26H35Cl2N3O5S. The smallest absolute Gasteiger partial charge is 0.244 e. The van der Waals surface area contributed by atoms with E-state index in [9.17, 15) is 18.0 Å². The van der Waals surface area contributed by atoms with Crippen LogP contribution in [-0.2, 0) is 26.2 Å². The number of benzene rings is 2. The Labute approximate surface area is 229 Å². The molecule has 0 saturated heterocycles. The Morgan fingerprint density at radius 2 is 1.73 bits per heavy atom. The number of para-hydroxylation sites is 2. The average Bonchev–Trinajstić information content (AvgIpc) is 2.83. The maximum atomic E-state index is 13.8. The summed E-state index contributed by atoms with van der Waals surface area (Å²) in [6.07, 6.45) is 2.05. The molecule has 0 unspecified atom stereocenters. The Balaban J connectivity index is 2.52. The number of amides is 2. The van der Waals surface area contributed by atoms with E-state index in [-0.39, 0.29) is 24.2 Å². The van der Waals surface area contributed by atoms with E-state index >= 15 is 0 Å². The number of hydrogen-bond donors (Lipinski definition) is 1. The molecule has 2 aromatic carbocycles. The van der Waals surface area contributed by atoms with Gasteiger partial charge in [0.05, 0.1) is 18.6 Å². The zero-order valence-electron chi connectivity index (χ0n) is 21.8. The van der Waals surface area contributed by atoms with Gasteiger partial charge in [0, 0.05) is 22.6 Å². The van der Waals surface area contributed by atoms with E-state index in [1.165, 1.54) is 4.90 Å². The van der Waals surface area contributed by atoms with Crippen molar-refractivity contribution < 1.29 is 22.7 Å². The zero-order valence-corrected chi connectivity index (χ0v) is 24.2. The molecule has 8 nitrogen and oxygen atoms in total. The maximum absolute atomic E-state index is 13.8. The summed E-state index contributed by atoms with van der Waals surface area (Å²) in [6.45, 7) is 7.19. The van der Waals surface area contributed by atoms with Crippen molar-refractivity contribution in [2.45, 2.75) is 59.2 Å². The molecule has 0 spiro atoms. The highest BCUT2D eigenvalue weighted by Crippen LogP contribution is 2.30. The maximum Gasteiger partial charge on any atom is 0.244 e. The van der Waals surface area contributed by atoms with Gasteiger partial charge in [-0.1, -0.05) is 55.2 Å². The first-order valence-electron chi connectivity index (χ1n) is 12.2. The third-order valence-corrected chi connectivity index (χ3v) is 7.57. The number of anilines is 1. The predicted molar refractivity (Wildman–Crippen MR) is 149 cm³/mol. The van der Waals surface area contributed by atoms with Gasteiger partial charge in [-0.15, -0.1) is 0 Å². The monoisotopic (exact) mass is 571 g/mol. The van der Waals surface area contributed by atoms with Crippen LogP contribution >= 0.6 is 23.2 Å². The predicted octanol–water partition coefficient (Wildman–Crippen LogP) is 4.88. The minimum Gasteiger partial charge on any atom is -0.492 e. The summed E-state index contributed by atoms with van der Waals surface area (Å²) < 4.78 is 32.3. The van der Waals surface area contributed by atoms with Crippen molar-refractivity contribution in [2.24, 2.45) is 0 Å². The van der Waals surface area contributed by atoms with Crippen LogP contribution in [0.1, 0.15) is 46.1 Å². The highest BCUT2D eigenvalue weighted by Gasteiger charge is 2.33. The summed E-state index contributed by atoms with van der Waals surface area (Å²) in [6, 6.07) is 10.5. The highest BCUT2D eigenvalue weighted by atomic mass is 35.5. The van der Waals surface area contributed by atoms with Gasteiger partial charge in [-0.05, 0) is 56.5 Å². The number of halogens is 2. The van der Waals surface area contributed by atoms with Crippen molar-refractivity contribution in [2.75, 3.05) is 23.7 Å². The Morgan fingerprint density at radius 3 is 2.30 bits per heavy atom. The van der Waals surface area contributed by atoms with Crippen LogP contribution in [0.4, 0.5) is 5.69 Å². The summed E-state index contributed by atoms with van der Waals surface area (Å²) in [5.74, 6) is -0.554. The van der Waals surface area contributed by atoms with Crippen molar-refractivity contribution in [3.05, 3.63) is 58.1 Å². The van der Waals surface area contributed by atoms with Gasteiger partial charge >= 0.3 is 0 Å². The molecule has 0 aliphatic carbocycles.